The van der Waals surface area contributed by atoms with Crippen molar-refractivity contribution in [2.24, 2.45) is 5.73 Å². The van der Waals surface area contributed by atoms with Crippen molar-refractivity contribution in [2.45, 2.75) is 19.3 Å². The third kappa shape index (κ3) is 4.31. The molecule has 0 saturated heterocycles. The zero-order valence-electron chi connectivity index (χ0n) is 9.53. The van der Waals surface area contributed by atoms with Gasteiger partial charge in [0.25, 0.3) is 0 Å². The highest BCUT2D eigenvalue weighted by molar-refractivity contribution is 5.84. The van der Waals surface area contributed by atoms with Crippen LogP contribution in [0.2, 0.25) is 0 Å². The molecule has 0 saturated carbocycles. The second kappa shape index (κ2) is 6.85. The molecule has 1 aromatic carbocycles. The van der Waals surface area contributed by atoms with Gasteiger partial charge in [-0.15, -0.1) is 0 Å². The Hall–Kier alpha value is -1.55. The van der Waals surface area contributed by atoms with Crippen LogP contribution in [0, 0.1) is 0 Å². The van der Waals surface area contributed by atoms with Crippen LogP contribution >= 0.6 is 0 Å². The van der Waals surface area contributed by atoms with Crippen LogP contribution in [-0.2, 0) is 11.2 Å². The van der Waals surface area contributed by atoms with Gasteiger partial charge in [0.1, 0.15) is 0 Å². The summed E-state index contributed by atoms with van der Waals surface area (Å²) in [5.74, 6) is 0. The molecule has 1 amide bonds. The molecular weight excluding hydrogens is 204 g/mol. The number of carbonyl (C=O) groups excluding carboxylic acids is 1. The molecule has 0 fully saturated rings. The largest absolute Gasteiger partial charge is 0.453 e. The van der Waals surface area contributed by atoms with E-state index in [1.807, 2.05) is 24.3 Å². The molecule has 0 aromatic heterocycles. The highest BCUT2D eigenvalue weighted by Crippen LogP contribution is 2.11. The first-order chi connectivity index (χ1) is 7.76. The van der Waals surface area contributed by atoms with E-state index < -0.39 is 6.09 Å². The smallest absolute Gasteiger partial charge is 0.411 e. The fraction of sp³-hybridized carbons (Fsp3) is 0.417. The SMILES string of the molecule is COC(=O)Nc1ccc(CCCCN)cc1. The number of aryl methyl sites for hydroxylation is 1. The number of amides is 1. The molecule has 88 valence electrons. The number of ether oxygens (including phenoxy) is 1. The fourth-order valence-electron chi connectivity index (χ4n) is 1.40. The van der Waals surface area contributed by atoms with Gasteiger partial charge in [-0.3, -0.25) is 5.32 Å². The summed E-state index contributed by atoms with van der Waals surface area (Å²) in [6.45, 7) is 0.738. The van der Waals surface area contributed by atoms with E-state index in [0.717, 1.165) is 31.5 Å². The number of anilines is 1. The van der Waals surface area contributed by atoms with Crippen LogP contribution < -0.4 is 11.1 Å². The fourth-order valence-corrected chi connectivity index (χ4v) is 1.40. The van der Waals surface area contributed by atoms with Crippen LogP contribution in [-0.4, -0.2) is 19.7 Å². The average Bonchev–Trinajstić information content (AvgIpc) is 2.31. The summed E-state index contributed by atoms with van der Waals surface area (Å²) in [4.78, 5) is 10.9. The zero-order chi connectivity index (χ0) is 11.8. The summed E-state index contributed by atoms with van der Waals surface area (Å²) in [6.07, 6.45) is 2.72. The van der Waals surface area contributed by atoms with Crippen LogP contribution in [0.3, 0.4) is 0 Å². The van der Waals surface area contributed by atoms with Crippen LogP contribution in [0.4, 0.5) is 10.5 Å². The van der Waals surface area contributed by atoms with Gasteiger partial charge in [0.2, 0.25) is 0 Å². The Morgan fingerprint density at radius 2 is 2.00 bits per heavy atom. The highest BCUT2D eigenvalue weighted by atomic mass is 16.5. The van der Waals surface area contributed by atoms with Gasteiger partial charge < -0.3 is 10.5 Å². The Morgan fingerprint density at radius 1 is 1.31 bits per heavy atom. The molecule has 0 heterocycles. The second-order valence-electron chi connectivity index (χ2n) is 3.56. The van der Waals surface area contributed by atoms with Crippen LogP contribution in [0.25, 0.3) is 0 Å². The van der Waals surface area contributed by atoms with E-state index in [9.17, 15) is 4.79 Å². The molecule has 1 rings (SSSR count). The molecule has 0 aliphatic carbocycles. The molecule has 0 bridgehead atoms. The third-order valence-electron chi connectivity index (χ3n) is 2.31. The number of carbonyl (C=O) groups is 1. The molecule has 0 spiro atoms. The van der Waals surface area contributed by atoms with Gasteiger partial charge >= 0.3 is 6.09 Å². The average molecular weight is 222 g/mol. The Morgan fingerprint density at radius 3 is 2.56 bits per heavy atom. The number of rotatable bonds is 5. The lowest BCUT2D eigenvalue weighted by Gasteiger charge is -2.05. The van der Waals surface area contributed by atoms with Gasteiger partial charge in [0.15, 0.2) is 0 Å². The molecule has 4 heteroatoms. The van der Waals surface area contributed by atoms with Crippen molar-refractivity contribution >= 4 is 11.8 Å². The quantitative estimate of drug-likeness (QED) is 0.750. The standard InChI is InChI=1S/C12H18N2O2/c1-16-12(15)14-11-7-5-10(6-8-11)4-2-3-9-13/h5-8H,2-4,9,13H2,1H3,(H,14,15). The van der Waals surface area contributed by atoms with E-state index in [1.165, 1.54) is 12.7 Å². The number of hydrogen-bond acceptors (Lipinski definition) is 3. The molecule has 0 atom stereocenters. The second-order valence-corrected chi connectivity index (χ2v) is 3.56. The van der Waals surface area contributed by atoms with Gasteiger partial charge in [0, 0.05) is 5.69 Å². The Labute approximate surface area is 95.8 Å². The molecule has 0 unspecified atom stereocenters. The maximum absolute atomic E-state index is 10.9. The Balaban J connectivity index is 2.44. The minimum atomic E-state index is -0.448. The first-order valence-corrected chi connectivity index (χ1v) is 5.40. The van der Waals surface area contributed by atoms with E-state index in [0.29, 0.717) is 0 Å². The maximum Gasteiger partial charge on any atom is 0.411 e. The van der Waals surface area contributed by atoms with Crippen molar-refractivity contribution in [3.05, 3.63) is 29.8 Å². The monoisotopic (exact) mass is 222 g/mol. The van der Waals surface area contributed by atoms with Gasteiger partial charge in [-0.2, -0.15) is 0 Å². The summed E-state index contributed by atoms with van der Waals surface area (Å²) in [7, 11) is 1.34. The summed E-state index contributed by atoms with van der Waals surface area (Å²) >= 11 is 0. The maximum atomic E-state index is 10.9. The zero-order valence-corrected chi connectivity index (χ0v) is 9.53. The van der Waals surface area contributed by atoms with Gasteiger partial charge in [-0.1, -0.05) is 12.1 Å². The number of unbranched alkanes of at least 4 members (excludes halogenated alkanes) is 1. The predicted molar refractivity (Wildman–Crippen MR) is 64.5 cm³/mol. The number of benzene rings is 1. The predicted octanol–water partition coefficient (Wildman–Crippen LogP) is 2.15. The molecule has 0 aliphatic rings. The first kappa shape index (κ1) is 12.5. The number of nitrogens with one attached hydrogen (secondary N) is 1. The van der Waals surface area contributed by atoms with Crippen molar-refractivity contribution in [1.29, 1.82) is 0 Å². The van der Waals surface area contributed by atoms with Gasteiger partial charge in [0.05, 0.1) is 7.11 Å². The molecule has 4 nitrogen and oxygen atoms in total. The van der Waals surface area contributed by atoms with Crippen molar-refractivity contribution in [1.82, 2.24) is 0 Å². The number of hydrogen-bond donors (Lipinski definition) is 2. The molecule has 0 radical (unpaired) electrons. The summed E-state index contributed by atoms with van der Waals surface area (Å²) in [5, 5.41) is 2.60. The summed E-state index contributed by atoms with van der Waals surface area (Å²) < 4.78 is 4.50. The van der Waals surface area contributed by atoms with Crippen LogP contribution in [0.15, 0.2) is 24.3 Å². The molecule has 3 N–H and O–H groups in total. The van der Waals surface area contributed by atoms with Crippen molar-refractivity contribution in [3.63, 3.8) is 0 Å². The highest BCUT2D eigenvalue weighted by Gasteiger charge is 2.00. The van der Waals surface area contributed by atoms with Crippen LogP contribution in [0.5, 0.6) is 0 Å². The van der Waals surface area contributed by atoms with Crippen LogP contribution in [0.1, 0.15) is 18.4 Å². The molecule has 16 heavy (non-hydrogen) atoms. The van der Waals surface area contributed by atoms with E-state index in [-0.39, 0.29) is 0 Å². The number of methoxy groups -OCH3 is 1. The first-order valence-electron chi connectivity index (χ1n) is 5.40. The molecule has 0 aliphatic heterocycles. The van der Waals surface area contributed by atoms with E-state index >= 15 is 0 Å². The topological polar surface area (TPSA) is 64.3 Å². The van der Waals surface area contributed by atoms with Gasteiger partial charge in [-0.05, 0) is 43.5 Å². The van der Waals surface area contributed by atoms with Crippen molar-refractivity contribution < 1.29 is 9.53 Å². The van der Waals surface area contributed by atoms with E-state index in [2.05, 4.69) is 10.1 Å². The van der Waals surface area contributed by atoms with E-state index in [1.54, 1.807) is 0 Å². The Bertz CT molecular complexity index is 322. The minimum Gasteiger partial charge on any atom is -0.453 e. The molecule has 1 aromatic rings. The lowest BCUT2D eigenvalue weighted by atomic mass is 10.1. The minimum absolute atomic E-state index is 0.448. The van der Waals surface area contributed by atoms with Crippen molar-refractivity contribution in [3.8, 4) is 0 Å². The summed E-state index contributed by atoms with van der Waals surface area (Å²) in [5.41, 5.74) is 7.42. The lowest BCUT2D eigenvalue weighted by Crippen LogP contribution is -2.10. The molecular formula is C12H18N2O2. The lowest BCUT2D eigenvalue weighted by molar-refractivity contribution is 0.187. The van der Waals surface area contributed by atoms with Crippen molar-refractivity contribution in [2.75, 3.05) is 19.0 Å². The normalized spacial score (nSPS) is 9.88. The summed E-state index contributed by atoms with van der Waals surface area (Å²) in [6, 6.07) is 7.74. The third-order valence-corrected chi connectivity index (χ3v) is 2.31. The van der Waals surface area contributed by atoms with Gasteiger partial charge in [-0.25, -0.2) is 4.79 Å². The number of nitrogens with two attached hydrogens (primary N) is 1. The van der Waals surface area contributed by atoms with E-state index in [4.69, 9.17) is 5.73 Å². The Kier molecular flexibility index (Phi) is 5.36.